The first-order valence-electron chi connectivity index (χ1n) is 9.69. The van der Waals surface area contributed by atoms with Crippen molar-refractivity contribution in [1.82, 2.24) is 14.9 Å². The van der Waals surface area contributed by atoms with E-state index in [1.54, 1.807) is 0 Å². The third-order valence-corrected chi connectivity index (χ3v) is 5.58. The Balaban J connectivity index is 1.41. The molecule has 1 N–H and O–H groups in total. The number of hydrogen-bond acceptors (Lipinski definition) is 3. The Labute approximate surface area is 160 Å². The lowest BCUT2D eigenvalue weighted by Crippen LogP contribution is -2.48. The van der Waals surface area contributed by atoms with Gasteiger partial charge in [0, 0.05) is 56.1 Å². The van der Waals surface area contributed by atoms with Crippen LogP contribution in [-0.2, 0) is 11.2 Å². The number of aryl methyl sites for hydroxylation is 1. The van der Waals surface area contributed by atoms with E-state index in [0.29, 0.717) is 12.5 Å². The molecule has 0 aliphatic carbocycles. The number of hydrogen-bond donors (Lipinski definition) is 1. The predicted octanol–water partition coefficient (Wildman–Crippen LogP) is 3.62. The number of likely N-dealkylation sites (N-methyl/N-ethyl adjacent to an activating group) is 1. The van der Waals surface area contributed by atoms with E-state index in [9.17, 15) is 4.79 Å². The van der Waals surface area contributed by atoms with Crippen molar-refractivity contribution in [2.45, 2.75) is 31.7 Å². The first kappa shape index (κ1) is 17.6. The maximum absolute atomic E-state index is 12.7. The maximum Gasteiger partial charge on any atom is 0.222 e. The fourth-order valence-corrected chi connectivity index (χ4v) is 4.00. The minimum absolute atomic E-state index is 0.262. The summed E-state index contributed by atoms with van der Waals surface area (Å²) in [5.41, 5.74) is 3.30. The number of amides is 1. The van der Waals surface area contributed by atoms with E-state index in [2.05, 4.69) is 46.2 Å². The van der Waals surface area contributed by atoms with Crippen LogP contribution in [0.4, 0.5) is 5.69 Å². The molecule has 0 saturated carbocycles. The Kier molecular flexibility index (Phi) is 5.10. The molecule has 2 aromatic heterocycles. The zero-order valence-corrected chi connectivity index (χ0v) is 15.8. The Bertz CT molecular complexity index is 905. The first-order valence-corrected chi connectivity index (χ1v) is 9.69. The van der Waals surface area contributed by atoms with Crippen LogP contribution in [0.25, 0.3) is 11.0 Å². The molecule has 4 rings (SSSR count). The van der Waals surface area contributed by atoms with Gasteiger partial charge in [-0.05, 0) is 37.0 Å². The van der Waals surface area contributed by atoms with Gasteiger partial charge in [-0.2, -0.15) is 0 Å². The summed E-state index contributed by atoms with van der Waals surface area (Å²) in [6, 6.07) is 14.7. The second kappa shape index (κ2) is 7.82. The number of carbonyl (C=O) groups excluding carboxylic acids is 1. The normalized spacial score (nSPS) is 17.2. The number of benzene rings is 1. The Morgan fingerprint density at radius 1 is 1.26 bits per heavy atom. The van der Waals surface area contributed by atoms with Gasteiger partial charge in [0.2, 0.25) is 5.91 Å². The first-order chi connectivity index (χ1) is 13.2. The van der Waals surface area contributed by atoms with Crippen molar-refractivity contribution in [3.8, 4) is 0 Å². The van der Waals surface area contributed by atoms with Crippen LogP contribution >= 0.6 is 0 Å². The number of pyridine rings is 1. The molecular formula is C22H26N4O. The zero-order valence-electron chi connectivity index (χ0n) is 15.8. The van der Waals surface area contributed by atoms with Crippen molar-refractivity contribution in [2.75, 3.05) is 25.0 Å². The largest absolute Gasteiger partial charge is 0.369 e. The highest BCUT2D eigenvalue weighted by atomic mass is 16.2. The molecule has 5 nitrogen and oxygen atoms in total. The molecule has 1 atom stereocenters. The lowest BCUT2D eigenvalue weighted by atomic mass is 10.0. The molecule has 0 spiro atoms. The molecule has 5 heteroatoms. The fraction of sp³-hybridized carbons (Fsp3) is 0.364. The number of nitrogens with zero attached hydrogens (tertiary/aromatic N) is 3. The quantitative estimate of drug-likeness (QED) is 0.754. The minimum Gasteiger partial charge on any atom is -0.369 e. The third kappa shape index (κ3) is 3.82. The van der Waals surface area contributed by atoms with Crippen molar-refractivity contribution >= 4 is 22.6 Å². The van der Waals surface area contributed by atoms with E-state index in [4.69, 9.17) is 0 Å². The molecule has 0 bridgehead atoms. The van der Waals surface area contributed by atoms with Crippen LogP contribution in [0.5, 0.6) is 0 Å². The smallest absolute Gasteiger partial charge is 0.222 e. The van der Waals surface area contributed by atoms with E-state index in [1.807, 2.05) is 35.5 Å². The summed E-state index contributed by atoms with van der Waals surface area (Å²) in [6.45, 7) is 1.66. The molecule has 0 radical (unpaired) electrons. The van der Waals surface area contributed by atoms with Gasteiger partial charge >= 0.3 is 0 Å². The van der Waals surface area contributed by atoms with Gasteiger partial charge in [-0.1, -0.05) is 30.3 Å². The number of aromatic nitrogens is 2. The van der Waals surface area contributed by atoms with Gasteiger partial charge in [-0.15, -0.1) is 0 Å². The summed E-state index contributed by atoms with van der Waals surface area (Å²) in [5.74, 6) is 0.262. The standard InChI is InChI=1S/C22H26N4O/c1-25(20-12-14-24-22-19(20)11-13-23-22)18-8-5-15-26(16-18)21(27)10-9-17-6-3-2-4-7-17/h2-4,6-7,11-14,18H,5,8-10,15-16H2,1H3,(H,23,24)/t18-/m1/s1. The molecule has 0 unspecified atom stereocenters. The number of H-pyrrole nitrogens is 1. The minimum atomic E-state index is 0.262. The number of carbonyl (C=O) groups is 1. The molecular weight excluding hydrogens is 336 g/mol. The van der Waals surface area contributed by atoms with Gasteiger partial charge in [-0.25, -0.2) is 4.98 Å². The second-order valence-corrected chi connectivity index (χ2v) is 7.30. The van der Waals surface area contributed by atoms with E-state index < -0.39 is 0 Å². The summed E-state index contributed by atoms with van der Waals surface area (Å²) in [4.78, 5) is 24.7. The van der Waals surface area contributed by atoms with Crippen LogP contribution in [0, 0.1) is 0 Å². The van der Waals surface area contributed by atoms with Crippen LogP contribution in [-0.4, -0.2) is 47.0 Å². The van der Waals surface area contributed by atoms with Crippen molar-refractivity contribution in [3.63, 3.8) is 0 Å². The van der Waals surface area contributed by atoms with Crippen molar-refractivity contribution in [2.24, 2.45) is 0 Å². The van der Waals surface area contributed by atoms with Gasteiger partial charge in [-0.3, -0.25) is 4.79 Å². The monoisotopic (exact) mass is 362 g/mol. The average molecular weight is 362 g/mol. The van der Waals surface area contributed by atoms with Crippen LogP contribution in [0.2, 0.25) is 0 Å². The summed E-state index contributed by atoms with van der Waals surface area (Å²) < 4.78 is 0. The lowest BCUT2D eigenvalue weighted by Gasteiger charge is -2.39. The highest BCUT2D eigenvalue weighted by molar-refractivity contribution is 5.89. The number of fused-ring (bicyclic) bond motifs is 1. The molecule has 3 aromatic rings. The maximum atomic E-state index is 12.7. The van der Waals surface area contributed by atoms with Crippen LogP contribution < -0.4 is 4.90 Å². The Morgan fingerprint density at radius 2 is 2.11 bits per heavy atom. The predicted molar refractivity (Wildman–Crippen MR) is 109 cm³/mol. The van der Waals surface area contributed by atoms with Gasteiger partial charge in [0.15, 0.2) is 0 Å². The molecule has 1 aliphatic rings. The molecule has 1 aliphatic heterocycles. The van der Waals surface area contributed by atoms with Gasteiger partial charge < -0.3 is 14.8 Å². The third-order valence-electron chi connectivity index (χ3n) is 5.58. The van der Waals surface area contributed by atoms with Crippen molar-refractivity contribution < 1.29 is 4.79 Å². The highest BCUT2D eigenvalue weighted by Gasteiger charge is 2.27. The van der Waals surface area contributed by atoms with E-state index in [-0.39, 0.29) is 5.91 Å². The van der Waals surface area contributed by atoms with Gasteiger partial charge in [0.05, 0.1) is 0 Å². The zero-order chi connectivity index (χ0) is 18.6. The van der Waals surface area contributed by atoms with E-state index in [0.717, 1.165) is 43.4 Å². The lowest BCUT2D eigenvalue weighted by molar-refractivity contribution is -0.132. The summed E-state index contributed by atoms with van der Waals surface area (Å²) in [5, 5.41) is 1.13. The van der Waals surface area contributed by atoms with Gasteiger partial charge in [0.25, 0.3) is 0 Å². The number of rotatable bonds is 5. The van der Waals surface area contributed by atoms with E-state index in [1.165, 1.54) is 11.3 Å². The molecule has 1 saturated heterocycles. The van der Waals surface area contributed by atoms with Crippen molar-refractivity contribution in [3.05, 3.63) is 60.4 Å². The molecule has 3 heterocycles. The highest BCUT2D eigenvalue weighted by Crippen LogP contribution is 2.28. The van der Waals surface area contributed by atoms with Crippen LogP contribution in [0.3, 0.4) is 0 Å². The average Bonchev–Trinajstić information content (AvgIpc) is 3.21. The fourth-order valence-electron chi connectivity index (χ4n) is 4.00. The number of piperidine rings is 1. The number of aromatic amines is 1. The summed E-state index contributed by atoms with van der Waals surface area (Å²) in [6.07, 6.45) is 7.31. The van der Waals surface area contributed by atoms with Crippen LogP contribution in [0.1, 0.15) is 24.8 Å². The second-order valence-electron chi connectivity index (χ2n) is 7.30. The Morgan fingerprint density at radius 3 is 2.96 bits per heavy atom. The molecule has 1 amide bonds. The molecule has 27 heavy (non-hydrogen) atoms. The number of anilines is 1. The summed E-state index contributed by atoms with van der Waals surface area (Å²) >= 11 is 0. The molecule has 1 aromatic carbocycles. The number of nitrogens with one attached hydrogen (secondary N) is 1. The topological polar surface area (TPSA) is 52.2 Å². The molecule has 1 fully saturated rings. The van der Waals surface area contributed by atoms with Crippen molar-refractivity contribution in [1.29, 1.82) is 0 Å². The number of likely N-dealkylation sites (tertiary alicyclic amines) is 1. The van der Waals surface area contributed by atoms with Gasteiger partial charge in [0.1, 0.15) is 5.65 Å². The van der Waals surface area contributed by atoms with Crippen LogP contribution in [0.15, 0.2) is 54.9 Å². The summed E-state index contributed by atoms with van der Waals surface area (Å²) in [7, 11) is 2.13. The van der Waals surface area contributed by atoms with E-state index >= 15 is 0 Å². The SMILES string of the molecule is CN(c1ccnc2[nH]ccc12)[C@@H]1CCCN(C(=O)CCc2ccccc2)C1. The Hall–Kier alpha value is -2.82. The molecule has 140 valence electrons.